The van der Waals surface area contributed by atoms with Gasteiger partial charge in [0.1, 0.15) is 6.10 Å². The number of allylic oxidation sites excluding steroid dienone is 1. The summed E-state index contributed by atoms with van der Waals surface area (Å²) < 4.78 is 0. The highest BCUT2D eigenvalue weighted by Gasteiger charge is 2.40. The van der Waals surface area contributed by atoms with Gasteiger partial charge in [-0.1, -0.05) is 79.7 Å². The highest BCUT2D eigenvalue weighted by Crippen LogP contribution is 2.33. The van der Waals surface area contributed by atoms with Gasteiger partial charge in [-0.05, 0) is 30.5 Å². The van der Waals surface area contributed by atoms with Gasteiger partial charge in [0.15, 0.2) is 0 Å². The Labute approximate surface area is 149 Å². The van der Waals surface area contributed by atoms with Gasteiger partial charge in [-0.2, -0.15) is 0 Å². The molecule has 0 amide bonds. The van der Waals surface area contributed by atoms with Crippen molar-refractivity contribution in [2.75, 3.05) is 0 Å². The molecule has 0 aromatic heterocycles. The molecule has 2 aromatic rings. The third-order valence-corrected chi connectivity index (χ3v) is 4.77. The average molecular weight is 333 g/mol. The minimum Gasteiger partial charge on any atom is -0.394 e. The van der Waals surface area contributed by atoms with E-state index < -0.39 is 6.10 Å². The smallest absolute Gasteiger partial charge is 0.256 e. The Morgan fingerprint density at radius 3 is 1.92 bits per heavy atom. The number of nitrogens with zero attached hydrogens (tertiary/aromatic N) is 1. The molecule has 0 saturated heterocycles. The molecule has 3 rings (SSSR count). The monoisotopic (exact) mass is 333 g/mol. The second-order valence-corrected chi connectivity index (χ2v) is 6.69. The van der Waals surface area contributed by atoms with Gasteiger partial charge in [0.2, 0.25) is 0 Å². The van der Waals surface area contributed by atoms with Crippen LogP contribution in [0.1, 0.15) is 29.2 Å². The maximum Gasteiger partial charge on any atom is 0.256 e. The zero-order valence-electron chi connectivity index (χ0n) is 15.0. The maximum absolute atomic E-state index is 12.4. The van der Waals surface area contributed by atoms with Crippen molar-refractivity contribution in [1.29, 1.82) is 0 Å². The summed E-state index contributed by atoms with van der Waals surface area (Å²) in [5.74, 6) is -0.125. The largest absolute Gasteiger partial charge is 0.394 e. The van der Waals surface area contributed by atoms with E-state index in [4.69, 9.17) is 4.84 Å². The molecule has 0 radical (unpaired) electrons. The molecule has 2 atom stereocenters. The summed E-state index contributed by atoms with van der Waals surface area (Å²) in [7, 11) is 0. The van der Waals surface area contributed by atoms with Crippen LogP contribution in [0.25, 0.3) is 11.1 Å². The summed E-state index contributed by atoms with van der Waals surface area (Å²) in [5, 5.41) is 12.4. The van der Waals surface area contributed by atoms with E-state index in [1.807, 2.05) is 69.3 Å². The van der Waals surface area contributed by atoms with Crippen molar-refractivity contribution >= 4 is 16.9 Å². The van der Waals surface area contributed by atoms with E-state index >= 15 is 0 Å². The third kappa shape index (κ3) is 3.22. The lowest BCUT2D eigenvalue weighted by molar-refractivity contribution is -0.736. The summed E-state index contributed by atoms with van der Waals surface area (Å²) in [6, 6.07) is 16.1. The van der Waals surface area contributed by atoms with E-state index in [2.05, 4.69) is 13.2 Å². The van der Waals surface area contributed by atoms with Crippen LogP contribution < -0.4 is 0 Å². The van der Waals surface area contributed by atoms with Crippen LogP contribution in [0.15, 0.2) is 61.7 Å². The minimum absolute atomic E-state index is 0.125. The molecule has 128 valence electrons. The first-order chi connectivity index (χ1) is 11.9. The fraction of sp³-hybridized carbons (Fsp3) is 0.227. The Bertz CT molecular complexity index is 845. The molecule has 1 aliphatic rings. The van der Waals surface area contributed by atoms with Crippen LogP contribution in [0.2, 0.25) is 0 Å². The van der Waals surface area contributed by atoms with Crippen molar-refractivity contribution in [1.82, 2.24) is 0 Å². The van der Waals surface area contributed by atoms with Gasteiger partial charge in [0, 0.05) is 10.5 Å². The Morgan fingerprint density at radius 1 is 0.920 bits per heavy atom. The molecule has 0 N–H and O–H groups in total. The van der Waals surface area contributed by atoms with Crippen molar-refractivity contribution in [3.63, 3.8) is 0 Å². The second kappa shape index (κ2) is 6.60. The summed E-state index contributed by atoms with van der Waals surface area (Å²) in [5.41, 5.74) is 6.32. The zero-order valence-corrected chi connectivity index (χ0v) is 15.0. The average Bonchev–Trinajstić information content (AvgIpc) is 2.89. The van der Waals surface area contributed by atoms with Crippen LogP contribution >= 0.6 is 0 Å². The highest BCUT2D eigenvalue weighted by molar-refractivity contribution is 6.22. The molecular weight excluding hydrogens is 310 g/mol. The fourth-order valence-corrected chi connectivity index (χ4v) is 3.15. The molecule has 0 aliphatic carbocycles. The second-order valence-electron chi connectivity index (χ2n) is 6.69. The van der Waals surface area contributed by atoms with E-state index in [0.29, 0.717) is 16.2 Å². The van der Waals surface area contributed by atoms with Crippen molar-refractivity contribution in [3.05, 3.63) is 89.1 Å². The molecule has 3 heteroatoms. The minimum atomic E-state index is -0.391. The molecular formula is C22H23NO2. The van der Waals surface area contributed by atoms with E-state index in [0.717, 1.165) is 16.7 Å². The lowest BCUT2D eigenvalue weighted by Crippen LogP contribution is -2.22. The van der Waals surface area contributed by atoms with Gasteiger partial charge < -0.3 is 4.84 Å². The van der Waals surface area contributed by atoms with Crippen molar-refractivity contribution < 1.29 is 9.74 Å². The van der Waals surface area contributed by atoms with Crippen molar-refractivity contribution in [3.8, 4) is 0 Å². The number of benzene rings is 2. The first-order valence-corrected chi connectivity index (χ1v) is 8.41. The van der Waals surface area contributed by atoms with E-state index in [9.17, 15) is 5.21 Å². The number of aryl methyl sites for hydroxylation is 2. The van der Waals surface area contributed by atoms with Crippen LogP contribution in [-0.2, 0) is 4.84 Å². The summed E-state index contributed by atoms with van der Waals surface area (Å²) in [6.45, 7) is 14.3. The topological polar surface area (TPSA) is 35.3 Å². The highest BCUT2D eigenvalue weighted by atomic mass is 16.9. The Hall–Kier alpha value is -2.81. The number of hydrogen-bond acceptors (Lipinski definition) is 2. The predicted octanol–water partition coefficient (Wildman–Crippen LogP) is 4.93. The lowest BCUT2D eigenvalue weighted by Gasteiger charge is -2.19. The maximum atomic E-state index is 12.4. The van der Waals surface area contributed by atoms with Gasteiger partial charge in [0.25, 0.3) is 5.71 Å². The standard InChI is InChI=1S/C22H23NO2/c1-14-6-10-19(11-7-14)16(3)21-18(5)22(25-23(21)24)17(4)20-12-8-15(2)9-13-20/h6-13,18,22H,3-4H2,1-2,5H3/t18-,22+/m1/s1. The Kier molecular flexibility index (Phi) is 4.49. The van der Waals surface area contributed by atoms with Crippen LogP contribution in [-0.4, -0.2) is 16.7 Å². The molecule has 0 fully saturated rings. The van der Waals surface area contributed by atoms with Gasteiger partial charge in [0.05, 0.1) is 5.92 Å². The summed E-state index contributed by atoms with van der Waals surface area (Å²) in [4.78, 5) is 6.19. The first-order valence-electron chi connectivity index (χ1n) is 8.41. The fourth-order valence-electron chi connectivity index (χ4n) is 3.15. The Balaban J connectivity index is 1.84. The van der Waals surface area contributed by atoms with Gasteiger partial charge in [-0.15, -0.1) is 0 Å². The molecule has 0 unspecified atom stereocenters. The summed E-state index contributed by atoms with van der Waals surface area (Å²) in [6.07, 6.45) is -0.391. The predicted molar refractivity (Wildman–Crippen MR) is 103 cm³/mol. The Morgan fingerprint density at radius 2 is 1.40 bits per heavy atom. The normalized spacial score (nSPS) is 19.6. The molecule has 0 bridgehead atoms. The van der Waals surface area contributed by atoms with E-state index in [1.165, 1.54) is 11.1 Å². The van der Waals surface area contributed by atoms with Crippen molar-refractivity contribution in [2.45, 2.75) is 26.9 Å². The molecule has 25 heavy (non-hydrogen) atoms. The third-order valence-electron chi connectivity index (χ3n) is 4.77. The van der Waals surface area contributed by atoms with E-state index in [1.54, 1.807) is 0 Å². The van der Waals surface area contributed by atoms with Gasteiger partial charge >= 0.3 is 0 Å². The SMILES string of the molecule is C=C(C1=[N+]([O-])O[C@@H](C(=C)c2ccc(C)cc2)[C@@H]1C)c1ccc(C)cc1. The molecule has 1 heterocycles. The first kappa shape index (κ1) is 17.0. The summed E-state index contributed by atoms with van der Waals surface area (Å²) >= 11 is 0. The van der Waals surface area contributed by atoms with Crippen LogP contribution in [0.3, 0.4) is 0 Å². The molecule has 0 spiro atoms. The van der Waals surface area contributed by atoms with Gasteiger partial charge in [-0.3, -0.25) is 5.21 Å². The number of rotatable bonds is 4. The number of hydrogen-bond donors (Lipinski definition) is 0. The van der Waals surface area contributed by atoms with Crippen LogP contribution in [0, 0.1) is 25.0 Å². The van der Waals surface area contributed by atoms with Crippen molar-refractivity contribution in [2.24, 2.45) is 5.92 Å². The molecule has 2 aromatic carbocycles. The van der Waals surface area contributed by atoms with Crippen LogP contribution in [0.4, 0.5) is 0 Å². The molecule has 3 nitrogen and oxygen atoms in total. The quantitative estimate of drug-likeness (QED) is 0.744. The van der Waals surface area contributed by atoms with Crippen LogP contribution in [0.5, 0.6) is 0 Å². The van der Waals surface area contributed by atoms with Gasteiger partial charge in [-0.25, -0.2) is 0 Å². The molecule has 1 aliphatic heterocycles. The lowest BCUT2D eigenvalue weighted by atomic mass is 9.86. The molecule has 0 saturated carbocycles. The zero-order chi connectivity index (χ0) is 18.1. The van der Waals surface area contributed by atoms with E-state index in [-0.39, 0.29) is 5.92 Å².